The Balaban J connectivity index is 0.000000830. The number of aliphatic hydroxyl groups is 1. The van der Waals surface area contributed by atoms with E-state index in [1.54, 1.807) is 18.6 Å². The Bertz CT molecular complexity index is 1230. The molecule has 0 radical (unpaired) electrons. The molecular weight excluding hydrogens is 378 g/mol. The maximum Gasteiger partial charge on any atom is 0.157 e. The first-order chi connectivity index (χ1) is 14.1. The van der Waals surface area contributed by atoms with Gasteiger partial charge in [0.15, 0.2) is 5.82 Å². The summed E-state index contributed by atoms with van der Waals surface area (Å²) >= 11 is 0. The van der Waals surface area contributed by atoms with Crippen molar-refractivity contribution in [3.8, 4) is 11.9 Å². The molecular formula is C23H23N5O2. The summed E-state index contributed by atoms with van der Waals surface area (Å²) in [6.07, 6.45) is 14.4. The molecule has 0 spiro atoms. The fraction of sp³-hybridized carbons (Fsp3) is 0.261. The third-order valence-electron chi connectivity index (χ3n) is 5.51. The number of fused-ring (bicyclic) bond motifs is 2. The predicted molar refractivity (Wildman–Crippen MR) is 115 cm³/mol. The molecule has 5 rings (SSSR count). The van der Waals surface area contributed by atoms with Gasteiger partial charge in [0, 0.05) is 36.7 Å². The van der Waals surface area contributed by atoms with Crippen molar-refractivity contribution < 1.29 is 10.6 Å². The highest BCUT2D eigenvalue weighted by Gasteiger charge is 2.46. The topological polar surface area (TPSA) is 119 Å². The number of hydrogen-bond acceptors (Lipinski definition) is 5. The van der Waals surface area contributed by atoms with Crippen LogP contribution in [-0.4, -0.2) is 37.2 Å². The fourth-order valence-electron chi connectivity index (χ4n) is 3.78. The van der Waals surface area contributed by atoms with Crippen LogP contribution >= 0.6 is 0 Å². The van der Waals surface area contributed by atoms with E-state index in [1.807, 2.05) is 23.8 Å². The molecule has 0 saturated heterocycles. The monoisotopic (exact) mass is 401 g/mol. The first kappa shape index (κ1) is 21.2. The molecule has 7 heteroatoms. The van der Waals surface area contributed by atoms with Crippen LogP contribution in [0.4, 0.5) is 0 Å². The summed E-state index contributed by atoms with van der Waals surface area (Å²) in [5, 5.41) is 17.8. The number of hydrogen-bond donors (Lipinski definition) is 1. The molecule has 0 bridgehead atoms. The van der Waals surface area contributed by atoms with Crippen molar-refractivity contribution in [2.45, 2.75) is 20.3 Å². The Morgan fingerprint density at radius 3 is 2.77 bits per heavy atom. The second kappa shape index (κ2) is 8.05. The summed E-state index contributed by atoms with van der Waals surface area (Å²) in [6.45, 7) is 4.23. The van der Waals surface area contributed by atoms with Crippen LogP contribution < -0.4 is 0 Å². The molecule has 0 aliphatic heterocycles. The molecule has 0 aromatic carbocycles. The molecule has 30 heavy (non-hydrogen) atoms. The number of aryl methyl sites for hydroxylation is 1. The normalized spacial score (nSPS) is 20.8. The van der Waals surface area contributed by atoms with Crippen molar-refractivity contribution in [3.63, 3.8) is 0 Å². The molecule has 2 aliphatic rings. The van der Waals surface area contributed by atoms with Gasteiger partial charge < -0.3 is 10.6 Å². The van der Waals surface area contributed by atoms with Crippen LogP contribution in [0.15, 0.2) is 54.8 Å². The average Bonchev–Trinajstić information content (AvgIpc) is 3.33. The van der Waals surface area contributed by atoms with Gasteiger partial charge >= 0.3 is 0 Å². The van der Waals surface area contributed by atoms with Gasteiger partial charge in [0.25, 0.3) is 0 Å². The summed E-state index contributed by atoms with van der Waals surface area (Å²) < 4.78 is 1.92. The maximum atomic E-state index is 9.98. The van der Waals surface area contributed by atoms with Crippen LogP contribution in [0.5, 0.6) is 0 Å². The summed E-state index contributed by atoms with van der Waals surface area (Å²) in [4.78, 5) is 13.3. The lowest BCUT2D eigenvalue weighted by atomic mass is 10.0. The Morgan fingerprint density at radius 2 is 2.07 bits per heavy atom. The SMILES string of the molecule is CO.Cc1cnc2c(c1)c(C#N)c(C1=C=CC3CC3(C)C=C1)n2-c1cnccn1.O. The molecule has 3 aromatic heterocycles. The van der Waals surface area contributed by atoms with Crippen molar-refractivity contribution >= 4 is 16.6 Å². The number of aliphatic hydroxyl groups excluding tert-OH is 1. The average molecular weight is 401 g/mol. The van der Waals surface area contributed by atoms with Crippen molar-refractivity contribution in [2.24, 2.45) is 11.3 Å². The largest absolute Gasteiger partial charge is 0.412 e. The standard InChI is InChI=1S/C22H17N5.CH4O.H2O/c1-14-9-17-18(11-23)20(15-3-4-16-10-22(16,2)6-5-15)27(21(17)26-12-14)19-13-24-7-8-25-19;1-2;/h4-9,12-13,16H,10H2,1-2H3;2H,1H3;1H2. The van der Waals surface area contributed by atoms with Gasteiger partial charge in [-0.2, -0.15) is 5.26 Å². The van der Waals surface area contributed by atoms with E-state index < -0.39 is 0 Å². The van der Waals surface area contributed by atoms with E-state index >= 15 is 0 Å². The number of pyridine rings is 1. The second-order valence-corrected chi connectivity index (χ2v) is 7.49. The highest BCUT2D eigenvalue weighted by molar-refractivity contribution is 5.94. The Hall–Kier alpha value is -3.56. The van der Waals surface area contributed by atoms with E-state index in [4.69, 9.17) is 5.11 Å². The summed E-state index contributed by atoms with van der Waals surface area (Å²) in [7, 11) is 1.00. The van der Waals surface area contributed by atoms with Gasteiger partial charge in [-0.05, 0) is 48.5 Å². The quantitative estimate of drug-likeness (QED) is 0.662. The van der Waals surface area contributed by atoms with Crippen molar-refractivity contribution in [1.29, 1.82) is 5.26 Å². The molecule has 3 N–H and O–H groups in total. The van der Waals surface area contributed by atoms with Gasteiger partial charge in [-0.25, -0.2) is 9.97 Å². The first-order valence-corrected chi connectivity index (χ1v) is 9.39. The number of aromatic nitrogens is 4. The predicted octanol–water partition coefficient (Wildman–Crippen LogP) is 2.91. The fourth-order valence-corrected chi connectivity index (χ4v) is 3.78. The minimum absolute atomic E-state index is 0. The Labute approximate surface area is 174 Å². The lowest BCUT2D eigenvalue weighted by Crippen LogP contribution is -2.03. The molecule has 7 nitrogen and oxygen atoms in total. The zero-order valence-electron chi connectivity index (χ0n) is 17.1. The Kier molecular flexibility index (Phi) is 5.68. The van der Waals surface area contributed by atoms with Crippen LogP contribution in [0, 0.1) is 29.6 Å². The van der Waals surface area contributed by atoms with Gasteiger partial charge in [0.05, 0.1) is 17.5 Å². The Morgan fingerprint density at radius 1 is 1.27 bits per heavy atom. The zero-order valence-corrected chi connectivity index (χ0v) is 17.1. The van der Waals surface area contributed by atoms with Crippen molar-refractivity contribution in [3.05, 3.63) is 71.6 Å². The van der Waals surface area contributed by atoms with Crippen LogP contribution in [0.25, 0.3) is 22.4 Å². The summed E-state index contributed by atoms with van der Waals surface area (Å²) in [5.41, 5.74) is 7.59. The van der Waals surface area contributed by atoms with Gasteiger partial charge in [-0.15, -0.1) is 5.73 Å². The highest BCUT2D eigenvalue weighted by Crippen LogP contribution is 2.55. The van der Waals surface area contributed by atoms with E-state index in [-0.39, 0.29) is 10.9 Å². The summed E-state index contributed by atoms with van der Waals surface area (Å²) in [6, 6.07) is 4.39. The van der Waals surface area contributed by atoms with E-state index in [2.05, 4.69) is 51.9 Å². The molecule has 1 saturated carbocycles. The smallest absolute Gasteiger partial charge is 0.157 e. The van der Waals surface area contributed by atoms with E-state index in [1.165, 1.54) is 0 Å². The zero-order chi connectivity index (χ0) is 20.6. The minimum atomic E-state index is 0. The number of nitrogens with zero attached hydrogens (tertiary/aromatic N) is 5. The first-order valence-electron chi connectivity index (χ1n) is 9.39. The molecule has 3 aromatic rings. The van der Waals surface area contributed by atoms with Gasteiger partial charge in [0.1, 0.15) is 11.7 Å². The molecule has 3 heterocycles. The number of rotatable bonds is 2. The van der Waals surface area contributed by atoms with Gasteiger partial charge in [0.2, 0.25) is 0 Å². The van der Waals surface area contributed by atoms with Crippen molar-refractivity contribution in [1.82, 2.24) is 19.5 Å². The lowest BCUT2D eigenvalue weighted by Gasteiger charge is -2.09. The third kappa shape index (κ3) is 3.34. The van der Waals surface area contributed by atoms with Crippen LogP contribution in [0.2, 0.25) is 0 Å². The van der Waals surface area contributed by atoms with E-state index in [9.17, 15) is 5.26 Å². The van der Waals surface area contributed by atoms with E-state index in [0.29, 0.717) is 22.9 Å². The van der Waals surface area contributed by atoms with Gasteiger partial charge in [-0.1, -0.05) is 13.0 Å². The summed E-state index contributed by atoms with van der Waals surface area (Å²) in [5.74, 6) is 1.16. The van der Waals surface area contributed by atoms with E-state index in [0.717, 1.165) is 35.7 Å². The number of nitriles is 1. The van der Waals surface area contributed by atoms with Crippen LogP contribution in [0.1, 0.15) is 30.2 Å². The van der Waals surface area contributed by atoms with Gasteiger partial charge in [-0.3, -0.25) is 9.55 Å². The molecule has 2 unspecified atom stereocenters. The molecule has 1 fully saturated rings. The molecule has 0 amide bonds. The van der Waals surface area contributed by atoms with Crippen LogP contribution in [-0.2, 0) is 0 Å². The lowest BCUT2D eigenvalue weighted by molar-refractivity contribution is 0.399. The van der Waals surface area contributed by atoms with Crippen LogP contribution in [0.3, 0.4) is 0 Å². The second-order valence-electron chi connectivity index (χ2n) is 7.49. The maximum absolute atomic E-state index is 9.98. The highest BCUT2D eigenvalue weighted by atomic mass is 16.2. The third-order valence-corrected chi connectivity index (χ3v) is 5.51. The molecule has 2 atom stereocenters. The minimum Gasteiger partial charge on any atom is -0.412 e. The molecule has 152 valence electrons. The molecule has 2 aliphatic carbocycles. The number of allylic oxidation sites excluding steroid dienone is 3. The van der Waals surface area contributed by atoms with Crippen molar-refractivity contribution in [2.75, 3.05) is 7.11 Å².